The highest BCUT2D eigenvalue weighted by Gasteiger charge is 2.44. The molecule has 1 atom stereocenters. The number of halogens is 1. The Kier molecular flexibility index (Phi) is 9.96. The van der Waals surface area contributed by atoms with Crippen LogP contribution in [0.2, 0.25) is 5.02 Å². The first-order valence-corrected chi connectivity index (χ1v) is 16.7. The summed E-state index contributed by atoms with van der Waals surface area (Å²) in [5.41, 5.74) is 2.87. The lowest BCUT2D eigenvalue weighted by Crippen LogP contribution is -2.51. The Morgan fingerprint density at radius 3 is 2.40 bits per heavy atom. The van der Waals surface area contributed by atoms with Crippen molar-refractivity contribution in [1.29, 1.82) is 0 Å². The van der Waals surface area contributed by atoms with Crippen LogP contribution in [0, 0.1) is 5.92 Å². The zero-order chi connectivity index (χ0) is 30.5. The molecular weight excluding hydrogens is 592 g/mol. The number of benzene rings is 3. The minimum absolute atomic E-state index is 0.185. The molecule has 230 valence electrons. The molecule has 2 heterocycles. The molecule has 0 aliphatic carbocycles. The van der Waals surface area contributed by atoms with Crippen LogP contribution in [-0.4, -0.2) is 58.4 Å². The maximum Gasteiger partial charge on any atom is 0.334 e. The maximum absolute atomic E-state index is 12.1. The van der Waals surface area contributed by atoms with Gasteiger partial charge in [0.15, 0.2) is 6.10 Å². The van der Waals surface area contributed by atoms with Crippen molar-refractivity contribution < 1.29 is 36.9 Å². The monoisotopic (exact) mass is 628 g/mol. The predicted molar refractivity (Wildman–Crippen MR) is 164 cm³/mol. The van der Waals surface area contributed by atoms with Crippen molar-refractivity contribution in [2.45, 2.75) is 45.0 Å². The molecule has 0 radical (unpaired) electrons. The minimum atomic E-state index is -2.93. The third kappa shape index (κ3) is 7.70. The number of ether oxygens (including phenoxy) is 5. The van der Waals surface area contributed by atoms with Gasteiger partial charge in [-0.15, -0.1) is 0 Å². The van der Waals surface area contributed by atoms with Crippen LogP contribution in [0.3, 0.4) is 0 Å². The summed E-state index contributed by atoms with van der Waals surface area (Å²) in [6.07, 6.45) is 0.488. The van der Waals surface area contributed by atoms with Crippen LogP contribution in [0.25, 0.3) is 11.1 Å². The molecule has 3 aromatic rings. The lowest BCUT2D eigenvalue weighted by atomic mass is 9.91. The third-order valence-corrected chi connectivity index (χ3v) is 9.91. The molecule has 0 spiro atoms. The van der Waals surface area contributed by atoms with E-state index in [-0.39, 0.29) is 24.0 Å². The van der Waals surface area contributed by atoms with Crippen molar-refractivity contribution in [3.8, 4) is 22.6 Å². The fraction of sp³-hybridized carbons (Fsp3) is 0.424. The van der Waals surface area contributed by atoms with E-state index in [9.17, 15) is 13.2 Å². The van der Waals surface area contributed by atoms with E-state index in [0.29, 0.717) is 55.8 Å². The number of hydrogen-bond acceptors (Lipinski definition) is 8. The first kappa shape index (κ1) is 31.3. The van der Waals surface area contributed by atoms with Gasteiger partial charge >= 0.3 is 5.97 Å². The summed E-state index contributed by atoms with van der Waals surface area (Å²) in [6.45, 7) is 5.12. The van der Waals surface area contributed by atoms with Crippen molar-refractivity contribution >= 4 is 27.4 Å². The summed E-state index contributed by atoms with van der Waals surface area (Å²) in [7, 11) is -2.93. The molecule has 0 N–H and O–H groups in total. The van der Waals surface area contributed by atoms with Gasteiger partial charge in [0.25, 0.3) is 0 Å². The molecule has 43 heavy (non-hydrogen) atoms. The number of carbonyl (C=O) groups excluding carboxylic acids is 1. The van der Waals surface area contributed by atoms with E-state index in [1.165, 1.54) is 0 Å². The van der Waals surface area contributed by atoms with Crippen molar-refractivity contribution in [3.05, 3.63) is 82.9 Å². The van der Waals surface area contributed by atoms with E-state index in [1.54, 1.807) is 13.8 Å². The van der Waals surface area contributed by atoms with Crippen LogP contribution in [0.5, 0.6) is 11.5 Å². The van der Waals surface area contributed by atoms with Gasteiger partial charge in [-0.3, -0.25) is 0 Å². The Balaban J connectivity index is 1.30. The van der Waals surface area contributed by atoms with E-state index >= 15 is 0 Å². The standard InChI is InChI=1S/C33H37ClO8S/c1-3-39-32(35)23(2)42-33(21-38-22-33)27-9-11-28(12-10-27)40-20-26-18-25(29-6-4-5-7-30(29)34)8-13-31(26)41-19-24-14-16-43(36,37)17-15-24/h4-13,18,23-24H,3,14-17,19-22H2,1-2H3. The Bertz CT molecular complexity index is 1500. The van der Waals surface area contributed by atoms with Gasteiger partial charge in [0.2, 0.25) is 0 Å². The summed E-state index contributed by atoms with van der Waals surface area (Å²) in [5.74, 6) is 1.54. The van der Waals surface area contributed by atoms with E-state index in [4.69, 9.17) is 35.3 Å². The Morgan fingerprint density at radius 2 is 1.74 bits per heavy atom. The van der Waals surface area contributed by atoms with Crippen LogP contribution in [0.1, 0.15) is 37.8 Å². The molecule has 10 heteroatoms. The van der Waals surface area contributed by atoms with Gasteiger partial charge in [-0.1, -0.05) is 48.0 Å². The molecule has 5 rings (SSSR count). The molecule has 3 aromatic carbocycles. The highest BCUT2D eigenvalue weighted by atomic mass is 35.5. The lowest BCUT2D eigenvalue weighted by molar-refractivity contribution is -0.239. The van der Waals surface area contributed by atoms with Crippen LogP contribution >= 0.6 is 11.6 Å². The average Bonchev–Trinajstić information content (AvgIpc) is 2.98. The molecule has 2 fully saturated rings. The number of sulfone groups is 1. The molecule has 8 nitrogen and oxygen atoms in total. The van der Waals surface area contributed by atoms with Crippen LogP contribution in [0.15, 0.2) is 66.7 Å². The van der Waals surface area contributed by atoms with Gasteiger partial charge in [0.1, 0.15) is 33.5 Å². The van der Waals surface area contributed by atoms with Crippen LogP contribution in [-0.2, 0) is 41.1 Å². The Hall–Kier alpha value is -3.11. The molecular formula is C33H37ClO8S. The van der Waals surface area contributed by atoms with Crippen molar-refractivity contribution in [1.82, 2.24) is 0 Å². The Labute approximate surface area is 258 Å². The largest absolute Gasteiger partial charge is 0.493 e. The second kappa shape index (κ2) is 13.7. The minimum Gasteiger partial charge on any atom is -0.493 e. The third-order valence-electron chi connectivity index (χ3n) is 7.86. The summed E-state index contributed by atoms with van der Waals surface area (Å²) >= 11 is 6.49. The van der Waals surface area contributed by atoms with Crippen LogP contribution in [0.4, 0.5) is 0 Å². The summed E-state index contributed by atoms with van der Waals surface area (Å²) in [4.78, 5) is 12.1. The SMILES string of the molecule is CCOC(=O)C(C)OC1(c2ccc(OCc3cc(-c4ccccc4Cl)ccc3OCC3CCS(=O)(=O)CC3)cc2)COC1. The lowest BCUT2D eigenvalue weighted by Gasteiger charge is -2.42. The maximum atomic E-state index is 12.1. The summed E-state index contributed by atoms with van der Waals surface area (Å²) < 4.78 is 52.8. The van der Waals surface area contributed by atoms with E-state index < -0.39 is 27.5 Å². The van der Waals surface area contributed by atoms with Gasteiger partial charge in [-0.05, 0) is 74.1 Å². The van der Waals surface area contributed by atoms with E-state index in [1.807, 2.05) is 66.7 Å². The van der Waals surface area contributed by atoms with Crippen LogP contribution < -0.4 is 9.47 Å². The summed E-state index contributed by atoms with van der Waals surface area (Å²) in [5, 5.41) is 0.649. The zero-order valence-electron chi connectivity index (χ0n) is 24.4. The molecule has 2 aliphatic heterocycles. The van der Waals surface area contributed by atoms with Gasteiger partial charge in [0.05, 0.1) is 37.9 Å². The highest BCUT2D eigenvalue weighted by Crippen LogP contribution is 2.37. The number of carbonyl (C=O) groups is 1. The van der Waals surface area contributed by atoms with Gasteiger partial charge in [0, 0.05) is 16.1 Å². The van der Waals surface area contributed by atoms with Gasteiger partial charge in [-0.2, -0.15) is 0 Å². The van der Waals surface area contributed by atoms with Gasteiger partial charge < -0.3 is 23.7 Å². The normalized spacial score (nSPS) is 18.3. The zero-order valence-corrected chi connectivity index (χ0v) is 26.0. The number of rotatable bonds is 12. The van der Waals surface area contributed by atoms with Crippen molar-refractivity contribution in [3.63, 3.8) is 0 Å². The second-order valence-corrected chi connectivity index (χ2v) is 13.7. The first-order valence-electron chi connectivity index (χ1n) is 14.5. The number of hydrogen-bond donors (Lipinski definition) is 0. The average molecular weight is 629 g/mol. The quantitative estimate of drug-likeness (QED) is 0.226. The van der Waals surface area contributed by atoms with Gasteiger partial charge in [-0.25, -0.2) is 13.2 Å². The first-order chi connectivity index (χ1) is 20.7. The Morgan fingerprint density at radius 1 is 1.02 bits per heavy atom. The molecule has 0 bridgehead atoms. The summed E-state index contributed by atoms with van der Waals surface area (Å²) in [6, 6.07) is 21.1. The van der Waals surface area contributed by atoms with E-state index in [0.717, 1.165) is 22.3 Å². The molecule has 0 amide bonds. The fourth-order valence-electron chi connectivity index (χ4n) is 5.26. The smallest absolute Gasteiger partial charge is 0.334 e. The topological polar surface area (TPSA) is 97.4 Å². The second-order valence-electron chi connectivity index (χ2n) is 11.0. The molecule has 0 saturated carbocycles. The van der Waals surface area contributed by atoms with Crippen molar-refractivity contribution in [2.75, 3.05) is 37.9 Å². The van der Waals surface area contributed by atoms with Crippen molar-refractivity contribution in [2.24, 2.45) is 5.92 Å². The molecule has 2 saturated heterocycles. The highest BCUT2D eigenvalue weighted by molar-refractivity contribution is 7.91. The molecule has 0 aromatic heterocycles. The molecule has 2 aliphatic rings. The predicted octanol–water partition coefficient (Wildman–Crippen LogP) is 5.98. The fourth-order valence-corrected chi connectivity index (χ4v) is 7.10. The van der Waals surface area contributed by atoms with E-state index in [2.05, 4.69) is 0 Å². The number of esters is 1. The molecule has 1 unspecified atom stereocenters.